The van der Waals surface area contributed by atoms with Gasteiger partial charge in [0, 0.05) is 12.2 Å². The summed E-state index contributed by atoms with van der Waals surface area (Å²) in [6.45, 7) is 5.12. The lowest BCUT2D eigenvalue weighted by Gasteiger charge is -2.22. The van der Waals surface area contributed by atoms with Crippen molar-refractivity contribution in [2.45, 2.75) is 19.8 Å². The summed E-state index contributed by atoms with van der Waals surface area (Å²) >= 11 is 0. The quantitative estimate of drug-likeness (QED) is 0.816. The third-order valence-corrected chi connectivity index (χ3v) is 5.03. The molecule has 1 amide bonds. The summed E-state index contributed by atoms with van der Waals surface area (Å²) in [5, 5.41) is 3.09. The molecule has 2 aromatic rings. The van der Waals surface area contributed by atoms with Crippen LogP contribution in [0.1, 0.15) is 24.5 Å². The Kier molecular flexibility index (Phi) is 7.21. The van der Waals surface area contributed by atoms with Gasteiger partial charge in [-0.1, -0.05) is 55.5 Å². The maximum absolute atomic E-state index is 12.5. The molecular formula is C21H28ClN3O. The van der Waals surface area contributed by atoms with Crippen LogP contribution in [-0.2, 0) is 11.2 Å². The van der Waals surface area contributed by atoms with Crippen molar-refractivity contribution in [2.75, 3.05) is 31.5 Å². The van der Waals surface area contributed by atoms with E-state index in [1.54, 1.807) is 0 Å². The van der Waals surface area contributed by atoms with Crippen LogP contribution in [0, 0.1) is 5.41 Å². The Bertz CT molecular complexity index is 722. The fraction of sp³-hybridized carbons (Fsp3) is 0.381. The maximum Gasteiger partial charge on any atom is 0.238 e. The van der Waals surface area contributed by atoms with Gasteiger partial charge in [-0.15, -0.1) is 12.4 Å². The first-order valence-corrected chi connectivity index (χ1v) is 8.92. The van der Waals surface area contributed by atoms with Crippen molar-refractivity contribution >= 4 is 24.0 Å². The lowest BCUT2D eigenvalue weighted by atomic mass is 9.90. The minimum absolute atomic E-state index is 0. The van der Waals surface area contributed by atoms with Crippen LogP contribution in [0.2, 0.25) is 0 Å². The highest BCUT2D eigenvalue weighted by atomic mass is 35.5. The predicted octanol–water partition coefficient (Wildman–Crippen LogP) is 3.31. The summed E-state index contributed by atoms with van der Waals surface area (Å²) in [4.78, 5) is 14.7. The number of nitrogens with one attached hydrogen (secondary N) is 1. The molecule has 4 nitrogen and oxygen atoms in total. The second kappa shape index (κ2) is 9.17. The van der Waals surface area contributed by atoms with Crippen molar-refractivity contribution in [1.82, 2.24) is 4.90 Å². The molecule has 0 aliphatic carbocycles. The van der Waals surface area contributed by atoms with Gasteiger partial charge in [-0.25, -0.2) is 0 Å². The predicted molar refractivity (Wildman–Crippen MR) is 110 cm³/mol. The number of para-hydroxylation sites is 1. The zero-order valence-electron chi connectivity index (χ0n) is 15.3. The molecule has 26 heavy (non-hydrogen) atoms. The highest BCUT2D eigenvalue weighted by Crippen LogP contribution is 2.28. The van der Waals surface area contributed by atoms with Gasteiger partial charge in [-0.3, -0.25) is 9.69 Å². The first kappa shape index (κ1) is 20.4. The molecule has 1 unspecified atom stereocenters. The van der Waals surface area contributed by atoms with Crippen molar-refractivity contribution in [2.24, 2.45) is 11.1 Å². The molecule has 2 aromatic carbocycles. The zero-order chi connectivity index (χ0) is 17.7. The van der Waals surface area contributed by atoms with Gasteiger partial charge in [-0.05, 0) is 48.5 Å². The molecule has 1 atom stereocenters. The molecule has 0 bridgehead atoms. The second-order valence-electron chi connectivity index (χ2n) is 7.34. The smallest absolute Gasteiger partial charge is 0.238 e. The Labute approximate surface area is 162 Å². The largest absolute Gasteiger partial charge is 0.330 e. The second-order valence-corrected chi connectivity index (χ2v) is 7.34. The lowest BCUT2D eigenvalue weighted by Crippen LogP contribution is -2.35. The van der Waals surface area contributed by atoms with E-state index in [0.717, 1.165) is 37.2 Å². The highest BCUT2D eigenvalue weighted by molar-refractivity contribution is 5.93. The van der Waals surface area contributed by atoms with Gasteiger partial charge in [0.05, 0.1) is 6.54 Å². The van der Waals surface area contributed by atoms with Crippen molar-refractivity contribution in [3.63, 3.8) is 0 Å². The number of carbonyl (C=O) groups excluding carboxylic acids is 1. The van der Waals surface area contributed by atoms with E-state index < -0.39 is 0 Å². The number of likely N-dealkylation sites (tertiary alicyclic amines) is 1. The first-order valence-electron chi connectivity index (χ1n) is 8.92. The third kappa shape index (κ3) is 5.31. The van der Waals surface area contributed by atoms with Crippen LogP contribution in [0.5, 0.6) is 0 Å². The van der Waals surface area contributed by atoms with E-state index in [2.05, 4.69) is 35.3 Å². The number of nitrogens with zero attached hydrogens (tertiary/aromatic N) is 1. The Hall–Kier alpha value is -1.88. The zero-order valence-corrected chi connectivity index (χ0v) is 16.1. The standard InChI is InChI=1S/C21H27N3O.ClH/c1-21(15-22)11-12-24(16-21)14-20(25)23-19-10-6-5-9-18(19)13-17-7-3-2-4-8-17;/h2-10H,11-16,22H2,1H3,(H,23,25);1H. The number of amides is 1. The molecule has 5 heteroatoms. The van der Waals surface area contributed by atoms with Crippen LogP contribution in [-0.4, -0.2) is 37.0 Å². The molecule has 3 rings (SSSR count). The van der Waals surface area contributed by atoms with Crippen LogP contribution < -0.4 is 11.1 Å². The van der Waals surface area contributed by atoms with Gasteiger partial charge in [0.2, 0.25) is 5.91 Å². The van der Waals surface area contributed by atoms with Crippen LogP contribution >= 0.6 is 12.4 Å². The molecule has 1 aliphatic rings. The van der Waals surface area contributed by atoms with E-state index in [0.29, 0.717) is 13.1 Å². The monoisotopic (exact) mass is 373 g/mol. The Morgan fingerprint density at radius 2 is 1.85 bits per heavy atom. The van der Waals surface area contributed by atoms with Gasteiger partial charge in [0.15, 0.2) is 0 Å². The average molecular weight is 374 g/mol. The maximum atomic E-state index is 12.5. The van der Waals surface area contributed by atoms with E-state index in [1.807, 2.05) is 36.4 Å². The van der Waals surface area contributed by atoms with E-state index >= 15 is 0 Å². The highest BCUT2D eigenvalue weighted by Gasteiger charge is 2.33. The van der Waals surface area contributed by atoms with Gasteiger partial charge >= 0.3 is 0 Å². The molecule has 0 spiro atoms. The summed E-state index contributed by atoms with van der Waals surface area (Å²) < 4.78 is 0. The summed E-state index contributed by atoms with van der Waals surface area (Å²) in [5.74, 6) is 0.0433. The van der Waals surface area contributed by atoms with Crippen molar-refractivity contribution in [1.29, 1.82) is 0 Å². The fourth-order valence-corrected chi connectivity index (χ4v) is 3.43. The van der Waals surface area contributed by atoms with Crippen molar-refractivity contribution in [3.8, 4) is 0 Å². The molecule has 1 aliphatic heterocycles. The van der Waals surface area contributed by atoms with E-state index in [1.165, 1.54) is 5.56 Å². The van der Waals surface area contributed by atoms with Crippen LogP contribution in [0.3, 0.4) is 0 Å². The molecule has 0 saturated carbocycles. The normalized spacial score (nSPS) is 19.8. The van der Waals surface area contributed by atoms with Crippen LogP contribution in [0.25, 0.3) is 0 Å². The van der Waals surface area contributed by atoms with Crippen LogP contribution in [0.15, 0.2) is 54.6 Å². The van der Waals surface area contributed by atoms with Gasteiger partial charge in [0.1, 0.15) is 0 Å². The number of hydrogen-bond acceptors (Lipinski definition) is 3. The lowest BCUT2D eigenvalue weighted by molar-refractivity contribution is -0.117. The Morgan fingerprint density at radius 1 is 1.15 bits per heavy atom. The topological polar surface area (TPSA) is 58.4 Å². The first-order chi connectivity index (χ1) is 12.1. The number of hydrogen-bond donors (Lipinski definition) is 2. The molecule has 3 N–H and O–H groups in total. The minimum Gasteiger partial charge on any atom is -0.330 e. The van der Waals surface area contributed by atoms with Crippen molar-refractivity contribution < 1.29 is 4.79 Å². The van der Waals surface area contributed by atoms with E-state index in [4.69, 9.17) is 5.73 Å². The van der Waals surface area contributed by atoms with Crippen LogP contribution in [0.4, 0.5) is 5.69 Å². The Morgan fingerprint density at radius 3 is 2.54 bits per heavy atom. The molecule has 0 radical (unpaired) electrons. The number of rotatable bonds is 6. The number of nitrogens with two attached hydrogens (primary N) is 1. The summed E-state index contributed by atoms with van der Waals surface area (Å²) in [6.07, 6.45) is 1.87. The van der Waals surface area contributed by atoms with E-state index in [9.17, 15) is 4.79 Å². The number of anilines is 1. The third-order valence-electron chi connectivity index (χ3n) is 5.03. The van der Waals surface area contributed by atoms with Gasteiger partial charge in [-0.2, -0.15) is 0 Å². The SMILES string of the molecule is CC1(CN)CCN(CC(=O)Nc2ccccc2Cc2ccccc2)C1.Cl. The molecule has 140 valence electrons. The molecule has 1 heterocycles. The molecule has 1 saturated heterocycles. The Balaban J connectivity index is 0.00000243. The average Bonchev–Trinajstić information content (AvgIpc) is 2.99. The summed E-state index contributed by atoms with van der Waals surface area (Å²) in [6, 6.07) is 18.3. The fourth-order valence-electron chi connectivity index (χ4n) is 3.43. The number of carbonyl (C=O) groups is 1. The molecular weight excluding hydrogens is 346 g/mol. The number of benzene rings is 2. The van der Waals surface area contributed by atoms with E-state index in [-0.39, 0.29) is 23.7 Å². The van der Waals surface area contributed by atoms with Gasteiger partial charge in [0.25, 0.3) is 0 Å². The van der Waals surface area contributed by atoms with Gasteiger partial charge < -0.3 is 11.1 Å². The summed E-state index contributed by atoms with van der Waals surface area (Å²) in [5.41, 5.74) is 9.27. The molecule has 0 aromatic heterocycles. The molecule has 1 fully saturated rings. The summed E-state index contributed by atoms with van der Waals surface area (Å²) in [7, 11) is 0. The number of halogens is 1. The minimum atomic E-state index is 0. The van der Waals surface area contributed by atoms with Crippen molar-refractivity contribution in [3.05, 3.63) is 65.7 Å².